The van der Waals surface area contributed by atoms with Gasteiger partial charge in [-0.15, -0.1) is 0 Å². The Balaban J connectivity index is 3.01. The molecule has 3 amide bonds. The van der Waals surface area contributed by atoms with Gasteiger partial charge in [-0.2, -0.15) is 0 Å². The molecule has 0 unspecified atom stereocenters. The van der Waals surface area contributed by atoms with Crippen molar-refractivity contribution in [3.63, 3.8) is 0 Å². The van der Waals surface area contributed by atoms with Crippen LogP contribution in [0.15, 0.2) is 17.1 Å². The summed E-state index contributed by atoms with van der Waals surface area (Å²) in [5.41, 5.74) is 8.84. The Kier molecular flexibility index (Phi) is 7.65. The smallest absolute Gasteiger partial charge is 0.266 e. The van der Waals surface area contributed by atoms with E-state index in [0.717, 1.165) is 0 Å². The van der Waals surface area contributed by atoms with Gasteiger partial charge in [0.1, 0.15) is 11.3 Å². The summed E-state index contributed by atoms with van der Waals surface area (Å²) in [6.45, 7) is 2.97. The molecule has 0 atom stereocenters. The van der Waals surface area contributed by atoms with Crippen molar-refractivity contribution in [1.82, 2.24) is 5.32 Å². The molecule has 148 valence electrons. The quantitative estimate of drug-likeness (QED) is 0.449. The normalized spacial score (nSPS) is 12.0. The van der Waals surface area contributed by atoms with Crippen LogP contribution in [-0.4, -0.2) is 35.5 Å². The van der Waals surface area contributed by atoms with E-state index in [2.05, 4.69) is 10.3 Å². The van der Waals surface area contributed by atoms with Gasteiger partial charge in [-0.05, 0) is 50.9 Å². The Morgan fingerprint density at radius 2 is 1.70 bits per heavy atom. The van der Waals surface area contributed by atoms with Gasteiger partial charge in [0.25, 0.3) is 11.8 Å². The minimum absolute atomic E-state index is 0.0368. The number of halogens is 3. The van der Waals surface area contributed by atoms with Gasteiger partial charge in [-0.3, -0.25) is 14.4 Å². The molecule has 5 N–H and O–H groups in total. The molecule has 0 saturated heterocycles. The monoisotopic (exact) mass is 386 g/mol. The number of hydrogen-bond acceptors (Lipinski definition) is 4. The molecule has 0 spiro atoms. The lowest BCUT2D eigenvalue weighted by atomic mass is 10.0. The molecule has 0 radical (unpaired) electrons. The Bertz CT molecular complexity index is 756. The van der Waals surface area contributed by atoms with E-state index in [9.17, 15) is 27.6 Å². The van der Waals surface area contributed by atoms with Crippen LogP contribution in [0.4, 0.5) is 13.2 Å². The highest BCUT2D eigenvalue weighted by molar-refractivity contribution is 6.40. The number of hydrogen-bond donors (Lipinski definition) is 3. The third-order valence-electron chi connectivity index (χ3n) is 3.58. The van der Waals surface area contributed by atoms with Gasteiger partial charge < -0.3 is 16.8 Å². The Morgan fingerprint density at radius 3 is 2.19 bits per heavy atom. The van der Waals surface area contributed by atoms with E-state index < -0.39 is 47.1 Å². The molecule has 0 aliphatic rings. The fourth-order valence-corrected chi connectivity index (χ4v) is 1.98. The highest BCUT2D eigenvalue weighted by atomic mass is 19.2. The number of nitrogens with two attached hydrogens (primary N) is 2. The van der Waals surface area contributed by atoms with Crippen molar-refractivity contribution < 1.29 is 27.6 Å². The van der Waals surface area contributed by atoms with Gasteiger partial charge in [-0.25, -0.2) is 18.2 Å². The van der Waals surface area contributed by atoms with Crippen molar-refractivity contribution in [2.24, 2.45) is 16.5 Å². The summed E-state index contributed by atoms with van der Waals surface area (Å²) in [5.74, 6) is -6.99. The maximum Gasteiger partial charge on any atom is 0.266 e. The van der Waals surface area contributed by atoms with Crippen LogP contribution in [0, 0.1) is 17.5 Å². The van der Waals surface area contributed by atoms with Gasteiger partial charge in [0.15, 0.2) is 17.5 Å². The first-order chi connectivity index (χ1) is 12.5. The summed E-state index contributed by atoms with van der Waals surface area (Å²) in [6.07, 6.45) is -0.182. The van der Waals surface area contributed by atoms with E-state index >= 15 is 0 Å². The van der Waals surface area contributed by atoms with E-state index in [-0.39, 0.29) is 24.2 Å². The first-order valence-corrected chi connectivity index (χ1v) is 8.04. The first kappa shape index (κ1) is 22.3. The summed E-state index contributed by atoms with van der Waals surface area (Å²) in [6, 6.07) is 1.34. The van der Waals surface area contributed by atoms with Crippen LogP contribution in [-0.2, 0) is 20.8 Å². The Hall–Kier alpha value is -2.75. The molecule has 0 fully saturated rings. The molecule has 1 rings (SSSR count). The number of benzene rings is 1. The first-order valence-electron chi connectivity index (χ1n) is 8.04. The maximum atomic E-state index is 13.2. The fourth-order valence-electron chi connectivity index (χ4n) is 1.98. The van der Waals surface area contributed by atoms with Crippen molar-refractivity contribution in [1.29, 1.82) is 0 Å². The number of primary amides is 1. The third kappa shape index (κ3) is 6.48. The average Bonchev–Trinajstić information content (AvgIpc) is 2.55. The molecule has 1 aromatic rings. The number of nitrogens with zero attached hydrogens (tertiary/aromatic N) is 1. The lowest BCUT2D eigenvalue weighted by molar-refractivity contribution is -0.127. The number of amides is 3. The summed E-state index contributed by atoms with van der Waals surface area (Å²) < 4.78 is 39.4. The predicted octanol–water partition coefficient (Wildman–Crippen LogP) is 0.733. The number of carbonyl (C=O) groups excluding carboxylic acids is 3. The van der Waals surface area contributed by atoms with Crippen molar-refractivity contribution in [3.05, 3.63) is 35.1 Å². The molecule has 7 nitrogen and oxygen atoms in total. The van der Waals surface area contributed by atoms with Gasteiger partial charge in [0.05, 0.1) is 6.42 Å². The van der Waals surface area contributed by atoms with Crippen molar-refractivity contribution in [3.8, 4) is 0 Å². The highest BCUT2D eigenvalue weighted by Gasteiger charge is 2.28. The van der Waals surface area contributed by atoms with Gasteiger partial charge in [-0.1, -0.05) is 0 Å². The number of rotatable bonds is 8. The van der Waals surface area contributed by atoms with Gasteiger partial charge in [0, 0.05) is 0 Å². The minimum atomic E-state index is -1.65. The number of aliphatic imine (C=N–C) groups is 1. The van der Waals surface area contributed by atoms with Crippen molar-refractivity contribution in [2.75, 3.05) is 6.54 Å². The second-order valence-electron chi connectivity index (χ2n) is 6.34. The van der Waals surface area contributed by atoms with Crippen LogP contribution >= 0.6 is 0 Å². The maximum absolute atomic E-state index is 13.2. The SMILES string of the molecule is CC(C)(NC(=O)/C(CCCN)=N/C(=O)Cc1cc(F)c(F)c(F)c1)C(N)=O. The number of carbonyl (C=O) groups is 3. The zero-order valence-electron chi connectivity index (χ0n) is 14.9. The lowest BCUT2D eigenvalue weighted by Gasteiger charge is -2.22. The van der Waals surface area contributed by atoms with Crippen LogP contribution in [0.1, 0.15) is 32.3 Å². The van der Waals surface area contributed by atoms with E-state index in [4.69, 9.17) is 11.5 Å². The van der Waals surface area contributed by atoms with Gasteiger partial charge in [0.2, 0.25) is 5.91 Å². The average molecular weight is 386 g/mol. The largest absolute Gasteiger partial charge is 0.368 e. The fraction of sp³-hybridized carbons (Fsp3) is 0.412. The molecule has 0 bridgehead atoms. The molecule has 1 aromatic carbocycles. The second kappa shape index (κ2) is 9.26. The van der Waals surface area contributed by atoms with Crippen LogP contribution in [0.25, 0.3) is 0 Å². The second-order valence-corrected chi connectivity index (χ2v) is 6.34. The molecule has 0 heterocycles. The third-order valence-corrected chi connectivity index (χ3v) is 3.58. The standard InChI is InChI=1S/C17H21F3N4O3/c1-17(2,16(22)27)24-15(26)12(4-3-5-21)23-13(25)8-9-6-10(18)14(20)11(19)7-9/h6-7H,3-5,8,21H2,1-2H3,(H2,22,27)(H,24,26)/b23-12+. The zero-order valence-corrected chi connectivity index (χ0v) is 14.9. The van der Waals surface area contributed by atoms with Gasteiger partial charge >= 0.3 is 0 Å². The Morgan fingerprint density at radius 1 is 1.15 bits per heavy atom. The molecule has 0 aromatic heterocycles. The topological polar surface area (TPSA) is 128 Å². The summed E-state index contributed by atoms with van der Waals surface area (Å²) >= 11 is 0. The van der Waals surface area contributed by atoms with E-state index in [1.807, 2.05) is 0 Å². The van der Waals surface area contributed by atoms with E-state index in [0.29, 0.717) is 18.6 Å². The minimum Gasteiger partial charge on any atom is -0.368 e. The molecule has 0 saturated carbocycles. The predicted molar refractivity (Wildman–Crippen MR) is 92.2 cm³/mol. The Labute approximate surface area is 154 Å². The van der Waals surface area contributed by atoms with Crippen LogP contribution in [0.3, 0.4) is 0 Å². The summed E-state index contributed by atoms with van der Waals surface area (Å²) in [4.78, 5) is 39.3. The van der Waals surface area contributed by atoms with Crippen LogP contribution in [0.5, 0.6) is 0 Å². The zero-order chi connectivity index (χ0) is 20.8. The molecular formula is C17H21F3N4O3. The summed E-state index contributed by atoms with van der Waals surface area (Å²) in [7, 11) is 0. The van der Waals surface area contributed by atoms with Crippen LogP contribution < -0.4 is 16.8 Å². The van der Waals surface area contributed by atoms with Crippen molar-refractivity contribution in [2.45, 2.75) is 38.6 Å². The molecule has 0 aliphatic carbocycles. The lowest BCUT2D eigenvalue weighted by Crippen LogP contribution is -2.54. The molecule has 27 heavy (non-hydrogen) atoms. The van der Waals surface area contributed by atoms with E-state index in [1.54, 1.807) is 0 Å². The molecule has 10 heteroatoms. The van der Waals surface area contributed by atoms with Crippen LogP contribution in [0.2, 0.25) is 0 Å². The van der Waals surface area contributed by atoms with Crippen molar-refractivity contribution >= 4 is 23.4 Å². The highest BCUT2D eigenvalue weighted by Crippen LogP contribution is 2.14. The molecular weight excluding hydrogens is 365 g/mol. The summed E-state index contributed by atoms with van der Waals surface area (Å²) in [5, 5.41) is 2.35. The van der Waals surface area contributed by atoms with E-state index in [1.165, 1.54) is 13.8 Å². The molecule has 0 aliphatic heterocycles. The number of nitrogens with one attached hydrogen (secondary N) is 1.